The lowest BCUT2D eigenvalue weighted by atomic mass is 9.95. The van der Waals surface area contributed by atoms with Gasteiger partial charge in [-0.15, -0.1) is 0 Å². The van der Waals surface area contributed by atoms with Gasteiger partial charge in [-0.05, 0) is 62.0 Å². The van der Waals surface area contributed by atoms with Crippen LogP contribution in [0, 0.1) is 5.92 Å². The minimum Gasteiger partial charge on any atom is -0.507 e. The number of aromatic hydroxyl groups is 1. The zero-order valence-electron chi connectivity index (χ0n) is 20.2. The molecular weight excluding hydrogens is 436 g/mol. The van der Waals surface area contributed by atoms with E-state index in [1.165, 1.54) is 18.1 Å². The van der Waals surface area contributed by atoms with Crippen molar-refractivity contribution in [2.24, 2.45) is 5.92 Å². The van der Waals surface area contributed by atoms with E-state index in [-0.39, 0.29) is 29.4 Å². The summed E-state index contributed by atoms with van der Waals surface area (Å²) in [4.78, 5) is 29.4. The predicted molar refractivity (Wildman–Crippen MR) is 129 cm³/mol. The van der Waals surface area contributed by atoms with E-state index in [1.807, 2.05) is 32.8 Å². The van der Waals surface area contributed by atoms with Crippen LogP contribution in [0.5, 0.6) is 17.2 Å². The molecule has 0 radical (unpaired) electrons. The van der Waals surface area contributed by atoms with Crippen LogP contribution in [0.4, 0.5) is 0 Å². The quantitative estimate of drug-likeness (QED) is 0.330. The Morgan fingerprint density at radius 3 is 2.38 bits per heavy atom. The molecule has 1 aliphatic rings. The van der Waals surface area contributed by atoms with E-state index in [0.29, 0.717) is 35.9 Å². The third-order valence-corrected chi connectivity index (χ3v) is 5.56. The molecule has 0 aliphatic carbocycles. The Morgan fingerprint density at radius 1 is 1.12 bits per heavy atom. The van der Waals surface area contributed by atoms with Crippen molar-refractivity contribution in [3.63, 3.8) is 0 Å². The predicted octanol–water partition coefficient (Wildman–Crippen LogP) is 3.42. The Hall–Kier alpha value is -3.52. The smallest absolute Gasteiger partial charge is 0.295 e. The van der Waals surface area contributed by atoms with Crippen LogP contribution in [0.3, 0.4) is 0 Å². The van der Waals surface area contributed by atoms with Gasteiger partial charge in [-0.2, -0.15) is 0 Å². The van der Waals surface area contributed by atoms with Crippen molar-refractivity contribution in [3.05, 3.63) is 59.2 Å². The number of hydrogen-bond donors (Lipinski definition) is 2. The minimum atomic E-state index is -0.827. The van der Waals surface area contributed by atoms with Gasteiger partial charge in [0.2, 0.25) is 0 Å². The number of rotatable bonds is 9. The molecule has 8 heteroatoms. The molecule has 2 aromatic carbocycles. The number of benzene rings is 2. The fourth-order valence-corrected chi connectivity index (χ4v) is 3.76. The van der Waals surface area contributed by atoms with Gasteiger partial charge in [-0.3, -0.25) is 9.59 Å². The summed E-state index contributed by atoms with van der Waals surface area (Å²) in [7, 11) is 5.17. The Bertz CT molecular complexity index is 1080. The molecular formula is C26H32N2O6. The van der Waals surface area contributed by atoms with Crippen molar-refractivity contribution in [2.45, 2.75) is 19.9 Å². The van der Waals surface area contributed by atoms with E-state index in [9.17, 15) is 19.8 Å². The molecule has 0 aromatic heterocycles. The van der Waals surface area contributed by atoms with Crippen LogP contribution in [-0.2, 0) is 9.59 Å². The van der Waals surface area contributed by atoms with Gasteiger partial charge in [0.05, 0.1) is 25.3 Å². The molecule has 1 atom stereocenters. The van der Waals surface area contributed by atoms with E-state index in [0.717, 1.165) is 0 Å². The SMILES string of the molecule is COc1cc([C@H]2/C(=C(\O)c3ccc(OCC(C)C)cc3)C(=O)C(=O)N2CCN(C)C)ccc1O. The van der Waals surface area contributed by atoms with Crippen LogP contribution in [-0.4, -0.2) is 72.6 Å². The third kappa shape index (κ3) is 5.34. The maximum atomic E-state index is 13.1. The van der Waals surface area contributed by atoms with Crippen LogP contribution in [0.15, 0.2) is 48.0 Å². The number of carbonyl (C=O) groups excluding carboxylic acids is 2. The second kappa shape index (κ2) is 10.6. The van der Waals surface area contributed by atoms with E-state index >= 15 is 0 Å². The number of aliphatic hydroxyl groups is 1. The van der Waals surface area contributed by atoms with Gasteiger partial charge >= 0.3 is 0 Å². The summed E-state index contributed by atoms with van der Waals surface area (Å²) in [6.07, 6.45) is 0. The number of methoxy groups -OCH3 is 1. The first-order valence-corrected chi connectivity index (χ1v) is 11.2. The molecule has 0 bridgehead atoms. The average molecular weight is 469 g/mol. The third-order valence-electron chi connectivity index (χ3n) is 5.56. The number of phenolic OH excluding ortho intramolecular Hbond substituents is 1. The molecule has 1 amide bonds. The monoisotopic (exact) mass is 468 g/mol. The number of likely N-dealkylation sites (N-methyl/N-ethyl adjacent to an activating group) is 1. The van der Waals surface area contributed by atoms with Crippen LogP contribution >= 0.6 is 0 Å². The van der Waals surface area contributed by atoms with Crippen LogP contribution in [0.2, 0.25) is 0 Å². The summed E-state index contributed by atoms with van der Waals surface area (Å²) in [5, 5.41) is 21.2. The molecule has 2 N–H and O–H groups in total. The van der Waals surface area contributed by atoms with E-state index in [1.54, 1.807) is 36.4 Å². The van der Waals surface area contributed by atoms with Crippen molar-refractivity contribution in [1.29, 1.82) is 0 Å². The summed E-state index contributed by atoms with van der Waals surface area (Å²) in [6.45, 7) is 5.47. The number of ketones is 1. The summed E-state index contributed by atoms with van der Waals surface area (Å²) >= 11 is 0. The molecule has 3 rings (SSSR count). The second-order valence-corrected chi connectivity index (χ2v) is 8.96. The van der Waals surface area contributed by atoms with Crippen molar-refractivity contribution >= 4 is 17.4 Å². The van der Waals surface area contributed by atoms with Gasteiger partial charge in [-0.25, -0.2) is 0 Å². The zero-order chi connectivity index (χ0) is 25.0. The topological polar surface area (TPSA) is 99.5 Å². The normalized spacial score (nSPS) is 17.6. The number of phenols is 1. The van der Waals surface area contributed by atoms with Crippen LogP contribution in [0.1, 0.15) is 31.0 Å². The fourth-order valence-electron chi connectivity index (χ4n) is 3.76. The average Bonchev–Trinajstić information content (AvgIpc) is 3.06. The Labute approximate surface area is 200 Å². The van der Waals surface area contributed by atoms with Crippen molar-refractivity contribution in [3.8, 4) is 17.2 Å². The summed E-state index contributed by atoms with van der Waals surface area (Å²) in [5.41, 5.74) is 0.941. The molecule has 0 spiro atoms. The number of ether oxygens (including phenoxy) is 2. The van der Waals surface area contributed by atoms with Gasteiger partial charge in [-0.1, -0.05) is 19.9 Å². The van der Waals surface area contributed by atoms with Crippen molar-refractivity contribution in [2.75, 3.05) is 40.9 Å². The molecule has 182 valence electrons. The van der Waals surface area contributed by atoms with Crippen LogP contribution in [0.25, 0.3) is 5.76 Å². The molecule has 0 unspecified atom stereocenters. The molecule has 8 nitrogen and oxygen atoms in total. The Balaban J connectivity index is 2.07. The first kappa shape index (κ1) is 25.1. The highest BCUT2D eigenvalue weighted by atomic mass is 16.5. The van der Waals surface area contributed by atoms with E-state index in [4.69, 9.17) is 9.47 Å². The number of aliphatic hydroxyl groups excluding tert-OH is 1. The lowest BCUT2D eigenvalue weighted by Gasteiger charge is -2.27. The Kier molecular flexibility index (Phi) is 7.83. The maximum absolute atomic E-state index is 13.1. The largest absolute Gasteiger partial charge is 0.507 e. The fraction of sp³-hybridized carbons (Fsp3) is 0.385. The zero-order valence-corrected chi connectivity index (χ0v) is 20.2. The highest BCUT2D eigenvalue weighted by molar-refractivity contribution is 6.46. The highest BCUT2D eigenvalue weighted by Gasteiger charge is 2.46. The first-order chi connectivity index (χ1) is 16.1. The lowest BCUT2D eigenvalue weighted by molar-refractivity contribution is -0.140. The second-order valence-electron chi connectivity index (χ2n) is 8.96. The summed E-state index contributed by atoms with van der Waals surface area (Å²) in [5.74, 6) is -0.537. The van der Waals surface area contributed by atoms with Crippen LogP contribution < -0.4 is 9.47 Å². The van der Waals surface area contributed by atoms with Gasteiger partial charge in [0.15, 0.2) is 11.5 Å². The number of nitrogens with zero attached hydrogens (tertiary/aromatic N) is 2. The number of carbonyl (C=O) groups is 2. The molecule has 0 saturated carbocycles. The van der Waals surface area contributed by atoms with Crippen molar-refractivity contribution in [1.82, 2.24) is 9.80 Å². The standard InChI is InChI=1S/C26H32N2O6/c1-16(2)15-34-19-9-6-17(7-10-19)24(30)22-23(18-8-11-20(29)21(14-18)33-5)28(13-12-27(3)4)26(32)25(22)31/h6-11,14,16,23,29-30H,12-13,15H2,1-5H3/b24-22+/t23-/m0/s1. The van der Waals surface area contributed by atoms with E-state index in [2.05, 4.69) is 0 Å². The molecule has 1 aliphatic heterocycles. The number of likely N-dealkylation sites (tertiary alicyclic amines) is 1. The molecule has 2 aromatic rings. The van der Waals surface area contributed by atoms with Gasteiger partial charge in [0.25, 0.3) is 11.7 Å². The number of amides is 1. The number of Topliss-reactive ketones (excluding diaryl/α,β-unsaturated/α-hetero) is 1. The summed E-state index contributed by atoms with van der Waals surface area (Å²) < 4.78 is 10.9. The van der Waals surface area contributed by atoms with Gasteiger partial charge in [0.1, 0.15) is 11.5 Å². The van der Waals surface area contributed by atoms with Gasteiger partial charge in [0, 0.05) is 18.7 Å². The molecule has 1 fully saturated rings. The first-order valence-electron chi connectivity index (χ1n) is 11.2. The molecule has 1 heterocycles. The lowest BCUT2D eigenvalue weighted by Crippen LogP contribution is -2.35. The molecule has 1 saturated heterocycles. The van der Waals surface area contributed by atoms with Gasteiger partial charge < -0.3 is 29.5 Å². The van der Waals surface area contributed by atoms with Crippen molar-refractivity contribution < 1.29 is 29.3 Å². The maximum Gasteiger partial charge on any atom is 0.295 e. The Morgan fingerprint density at radius 2 is 1.79 bits per heavy atom. The summed E-state index contributed by atoms with van der Waals surface area (Å²) in [6, 6.07) is 10.6. The highest BCUT2D eigenvalue weighted by Crippen LogP contribution is 2.41. The number of hydrogen-bond acceptors (Lipinski definition) is 7. The molecule has 34 heavy (non-hydrogen) atoms. The van der Waals surface area contributed by atoms with E-state index < -0.39 is 17.7 Å². The minimum absolute atomic E-state index is 0.00709.